The molecule has 1 atom stereocenters. The average Bonchev–Trinajstić information content (AvgIpc) is 2.48. The van der Waals surface area contributed by atoms with Gasteiger partial charge in [-0.2, -0.15) is 0 Å². The summed E-state index contributed by atoms with van der Waals surface area (Å²) in [5.41, 5.74) is 1.90. The zero-order valence-electron chi connectivity index (χ0n) is 12.1. The minimum absolute atomic E-state index is 0.525. The molecule has 0 aromatic heterocycles. The molecule has 0 aliphatic rings. The number of hydrogen-bond donors (Lipinski definition) is 1. The molecular formula is C17H20O3. The van der Waals surface area contributed by atoms with E-state index >= 15 is 0 Å². The van der Waals surface area contributed by atoms with Crippen LogP contribution in [0.5, 0.6) is 17.2 Å². The maximum Gasteiger partial charge on any atom is 0.169 e. The zero-order valence-corrected chi connectivity index (χ0v) is 12.1. The topological polar surface area (TPSA) is 38.7 Å². The minimum atomic E-state index is -0.525. The van der Waals surface area contributed by atoms with Crippen LogP contribution < -0.4 is 9.47 Å². The Bertz CT molecular complexity index is 578. The van der Waals surface area contributed by atoms with Gasteiger partial charge < -0.3 is 14.6 Å². The standard InChI is InChI=1S/C17H20O3/c1-4-14(18)13-7-5-6-8-15(13)20-16-10-9-12(2)11-17(16)19-3/h5-11,14,18H,4H2,1-3H3. The van der Waals surface area contributed by atoms with E-state index in [0.29, 0.717) is 23.7 Å². The van der Waals surface area contributed by atoms with E-state index in [1.165, 1.54) is 0 Å². The van der Waals surface area contributed by atoms with Crippen molar-refractivity contribution in [3.05, 3.63) is 53.6 Å². The fourth-order valence-electron chi connectivity index (χ4n) is 2.05. The van der Waals surface area contributed by atoms with Gasteiger partial charge in [0.2, 0.25) is 0 Å². The molecule has 0 spiro atoms. The molecule has 2 aromatic carbocycles. The first-order chi connectivity index (χ1) is 9.65. The minimum Gasteiger partial charge on any atom is -0.493 e. The summed E-state index contributed by atoms with van der Waals surface area (Å²) in [4.78, 5) is 0. The highest BCUT2D eigenvalue weighted by Crippen LogP contribution is 2.35. The van der Waals surface area contributed by atoms with Crippen LogP contribution in [0, 0.1) is 6.92 Å². The van der Waals surface area contributed by atoms with Crippen LogP contribution in [0.1, 0.15) is 30.6 Å². The second kappa shape index (κ2) is 6.44. The smallest absolute Gasteiger partial charge is 0.169 e. The Balaban J connectivity index is 2.35. The number of aliphatic hydroxyl groups is 1. The molecule has 20 heavy (non-hydrogen) atoms. The van der Waals surface area contributed by atoms with Crippen molar-refractivity contribution in [1.82, 2.24) is 0 Å². The molecule has 0 aliphatic carbocycles. The quantitative estimate of drug-likeness (QED) is 0.884. The highest BCUT2D eigenvalue weighted by Gasteiger charge is 2.13. The van der Waals surface area contributed by atoms with Gasteiger partial charge in [-0.3, -0.25) is 0 Å². The van der Waals surface area contributed by atoms with Gasteiger partial charge in [0.1, 0.15) is 5.75 Å². The lowest BCUT2D eigenvalue weighted by molar-refractivity contribution is 0.170. The third kappa shape index (κ3) is 3.11. The molecule has 1 N–H and O–H groups in total. The van der Waals surface area contributed by atoms with Crippen LogP contribution >= 0.6 is 0 Å². The van der Waals surface area contributed by atoms with Crippen molar-refractivity contribution in [2.24, 2.45) is 0 Å². The Labute approximate surface area is 119 Å². The normalized spacial score (nSPS) is 12.0. The second-order valence-corrected chi connectivity index (χ2v) is 4.72. The van der Waals surface area contributed by atoms with Gasteiger partial charge in [-0.15, -0.1) is 0 Å². The molecule has 1 unspecified atom stereocenters. The van der Waals surface area contributed by atoms with Crippen molar-refractivity contribution in [1.29, 1.82) is 0 Å². The van der Waals surface area contributed by atoms with Gasteiger partial charge >= 0.3 is 0 Å². The van der Waals surface area contributed by atoms with Crippen LogP contribution in [-0.2, 0) is 0 Å². The number of aryl methyl sites for hydroxylation is 1. The number of rotatable bonds is 5. The molecule has 3 heteroatoms. The third-order valence-corrected chi connectivity index (χ3v) is 3.20. The molecule has 0 aliphatic heterocycles. The summed E-state index contributed by atoms with van der Waals surface area (Å²) < 4.78 is 11.3. The highest BCUT2D eigenvalue weighted by molar-refractivity contribution is 5.47. The first kappa shape index (κ1) is 14.4. The first-order valence-corrected chi connectivity index (χ1v) is 6.75. The van der Waals surface area contributed by atoms with E-state index in [4.69, 9.17) is 9.47 Å². The van der Waals surface area contributed by atoms with E-state index in [-0.39, 0.29) is 0 Å². The lowest BCUT2D eigenvalue weighted by Gasteiger charge is -2.16. The van der Waals surface area contributed by atoms with Crippen LogP contribution in [0.15, 0.2) is 42.5 Å². The first-order valence-electron chi connectivity index (χ1n) is 6.75. The molecule has 0 amide bonds. The van der Waals surface area contributed by atoms with Crippen LogP contribution in [-0.4, -0.2) is 12.2 Å². The fourth-order valence-corrected chi connectivity index (χ4v) is 2.05. The van der Waals surface area contributed by atoms with E-state index in [1.54, 1.807) is 7.11 Å². The van der Waals surface area contributed by atoms with Gasteiger partial charge in [-0.05, 0) is 37.1 Å². The fraction of sp³-hybridized carbons (Fsp3) is 0.294. The molecule has 3 nitrogen and oxygen atoms in total. The van der Waals surface area contributed by atoms with Gasteiger partial charge in [-0.25, -0.2) is 0 Å². The van der Waals surface area contributed by atoms with E-state index in [0.717, 1.165) is 11.1 Å². The lowest BCUT2D eigenvalue weighted by atomic mass is 10.1. The van der Waals surface area contributed by atoms with Crippen LogP contribution in [0.25, 0.3) is 0 Å². The molecule has 2 rings (SSSR count). The Morgan fingerprint density at radius 2 is 1.80 bits per heavy atom. The van der Waals surface area contributed by atoms with E-state index in [1.807, 2.05) is 56.3 Å². The number of para-hydroxylation sites is 1. The molecule has 0 saturated carbocycles. The van der Waals surface area contributed by atoms with Crippen LogP contribution in [0.4, 0.5) is 0 Å². The molecule has 0 saturated heterocycles. The predicted molar refractivity (Wildman–Crippen MR) is 79.5 cm³/mol. The molecule has 0 heterocycles. The molecular weight excluding hydrogens is 252 g/mol. The van der Waals surface area contributed by atoms with Crippen molar-refractivity contribution in [3.8, 4) is 17.2 Å². The third-order valence-electron chi connectivity index (χ3n) is 3.20. The Morgan fingerprint density at radius 1 is 1.05 bits per heavy atom. The lowest BCUT2D eigenvalue weighted by Crippen LogP contribution is -1.99. The summed E-state index contributed by atoms with van der Waals surface area (Å²) >= 11 is 0. The van der Waals surface area contributed by atoms with E-state index in [9.17, 15) is 5.11 Å². The van der Waals surface area contributed by atoms with Crippen LogP contribution in [0.3, 0.4) is 0 Å². The van der Waals surface area contributed by atoms with Gasteiger partial charge in [0.25, 0.3) is 0 Å². The van der Waals surface area contributed by atoms with Gasteiger partial charge in [0.15, 0.2) is 11.5 Å². The maximum absolute atomic E-state index is 10.0. The SMILES string of the molecule is CCC(O)c1ccccc1Oc1ccc(C)cc1OC. The summed E-state index contributed by atoms with van der Waals surface area (Å²) in [7, 11) is 1.62. The second-order valence-electron chi connectivity index (χ2n) is 4.72. The summed E-state index contributed by atoms with van der Waals surface area (Å²) in [6, 6.07) is 13.3. The van der Waals surface area contributed by atoms with Crippen molar-refractivity contribution >= 4 is 0 Å². The summed E-state index contributed by atoms with van der Waals surface area (Å²) in [5.74, 6) is 1.99. The molecule has 0 bridgehead atoms. The predicted octanol–water partition coefficient (Wildman–Crippen LogP) is 4.24. The van der Waals surface area contributed by atoms with Crippen molar-refractivity contribution in [3.63, 3.8) is 0 Å². The molecule has 106 valence electrons. The van der Waals surface area contributed by atoms with E-state index in [2.05, 4.69) is 0 Å². The van der Waals surface area contributed by atoms with E-state index < -0.39 is 6.10 Å². The number of methoxy groups -OCH3 is 1. The molecule has 0 fully saturated rings. The summed E-state index contributed by atoms with van der Waals surface area (Å²) in [5, 5.41) is 10.0. The number of hydrogen-bond acceptors (Lipinski definition) is 3. The largest absolute Gasteiger partial charge is 0.493 e. The Morgan fingerprint density at radius 3 is 2.50 bits per heavy atom. The molecule has 0 radical (unpaired) electrons. The Hall–Kier alpha value is -2.00. The van der Waals surface area contributed by atoms with Gasteiger partial charge in [0.05, 0.1) is 13.2 Å². The Kier molecular flexibility index (Phi) is 4.64. The maximum atomic E-state index is 10.0. The van der Waals surface area contributed by atoms with Crippen LogP contribution in [0.2, 0.25) is 0 Å². The average molecular weight is 272 g/mol. The number of benzene rings is 2. The number of ether oxygens (including phenoxy) is 2. The van der Waals surface area contributed by atoms with Gasteiger partial charge in [-0.1, -0.05) is 31.2 Å². The van der Waals surface area contributed by atoms with Crippen molar-refractivity contribution in [2.75, 3.05) is 7.11 Å². The summed E-state index contributed by atoms with van der Waals surface area (Å²) in [6.45, 7) is 3.94. The molecule has 2 aromatic rings. The summed E-state index contributed by atoms with van der Waals surface area (Å²) in [6.07, 6.45) is 0.119. The van der Waals surface area contributed by atoms with Crippen molar-refractivity contribution < 1.29 is 14.6 Å². The number of aliphatic hydroxyl groups excluding tert-OH is 1. The van der Waals surface area contributed by atoms with Gasteiger partial charge in [0, 0.05) is 5.56 Å². The monoisotopic (exact) mass is 272 g/mol. The van der Waals surface area contributed by atoms with Crippen molar-refractivity contribution in [2.45, 2.75) is 26.4 Å². The highest BCUT2D eigenvalue weighted by atomic mass is 16.5. The zero-order chi connectivity index (χ0) is 14.5.